The van der Waals surface area contributed by atoms with Crippen molar-refractivity contribution in [2.24, 2.45) is 5.41 Å². The quantitative estimate of drug-likeness (QED) is 0.446. The number of hydrogen-bond acceptors (Lipinski definition) is 1. The smallest absolute Gasteiger partial charge is 0.0534 e. The summed E-state index contributed by atoms with van der Waals surface area (Å²) in [6.45, 7) is 4.08. The molecule has 0 aromatic heterocycles. The summed E-state index contributed by atoms with van der Waals surface area (Å²) >= 11 is 6.05. The zero-order chi connectivity index (χ0) is 11.0. The van der Waals surface area contributed by atoms with Crippen molar-refractivity contribution in [2.45, 2.75) is 58.3 Å². The standard InChI is InChI=1S/C13H25ClO/c1-2-3-4-5-6-7-8-13(11-14)9-10-15-12-13/h2-12H2,1H3. The third-order valence-electron chi connectivity index (χ3n) is 3.53. The predicted molar refractivity (Wildman–Crippen MR) is 66.6 cm³/mol. The van der Waals surface area contributed by atoms with Crippen molar-refractivity contribution in [1.82, 2.24) is 0 Å². The molecule has 1 unspecified atom stereocenters. The molecule has 2 heteroatoms. The zero-order valence-corrected chi connectivity index (χ0v) is 10.8. The Bertz CT molecular complexity index is 153. The number of alkyl halides is 1. The van der Waals surface area contributed by atoms with Gasteiger partial charge in [0.05, 0.1) is 6.61 Å². The van der Waals surface area contributed by atoms with E-state index in [0.717, 1.165) is 19.1 Å². The minimum Gasteiger partial charge on any atom is -0.381 e. The Balaban J connectivity index is 2.02. The molecule has 0 spiro atoms. The van der Waals surface area contributed by atoms with Crippen LogP contribution in [0.5, 0.6) is 0 Å². The molecule has 1 fully saturated rings. The maximum Gasteiger partial charge on any atom is 0.0534 e. The SMILES string of the molecule is CCCCCCCCC1(CCl)CCOC1. The molecule has 1 atom stereocenters. The van der Waals surface area contributed by atoms with Crippen molar-refractivity contribution >= 4 is 11.6 Å². The summed E-state index contributed by atoms with van der Waals surface area (Å²) in [6.07, 6.45) is 10.7. The first-order valence-corrected chi connectivity index (χ1v) is 7.00. The van der Waals surface area contributed by atoms with Crippen LogP contribution in [0.1, 0.15) is 58.3 Å². The Morgan fingerprint density at radius 3 is 2.47 bits per heavy atom. The molecule has 90 valence electrons. The van der Waals surface area contributed by atoms with Crippen molar-refractivity contribution in [3.05, 3.63) is 0 Å². The summed E-state index contributed by atoms with van der Waals surface area (Å²) in [4.78, 5) is 0. The molecular formula is C13H25ClO. The second kappa shape index (κ2) is 7.51. The fourth-order valence-electron chi connectivity index (χ4n) is 2.30. The number of ether oxygens (including phenoxy) is 1. The van der Waals surface area contributed by atoms with Crippen LogP contribution in [-0.4, -0.2) is 19.1 Å². The Hall–Kier alpha value is 0.250. The second-order valence-electron chi connectivity index (χ2n) is 4.95. The molecule has 0 N–H and O–H groups in total. The molecule has 1 saturated heterocycles. The maximum absolute atomic E-state index is 6.05. The highest BCUT2D eigenvalue weighted by atomic mass is 35.5. The molecule has 0 aromatic carbocycles. The average Bonchev–Trinajstić information content (AvgIpc) is 2.73. The Labute approximate surface area is 99.5 Å². The molecule has 0 amide bonds. The first-order valence-electron chi connectivity index (χ1n) is 6.47. The fraction of sp³-hybridized carbons (Fsp3) is 1.00. The third kappa shape index (κ3) is 4.74. The number of rotatable bonds is 8. The van der Waals surface area contributed by atoms with E-state index in [0.29, 0.717) is 5.41 Å². The van der Waals surface area contributed by atoms with E-state index >= 15 is 0 Å². The van der Waals surface area contributed by atoms with Gasteiger partial charge >= 0.3 is 0 Å². The molecule has 15 heavy (non-hydrogen) atoms. The van der Waals surface area contributed by atoms with E-state index in [1.807, 2.05) is 0 Å². The minimum atomic E-state index is 0.326. The predicted octanol–water partition coefficient (Wildman–Crippen LogP) is 4.38. The van der Waals surface area contributed by atoms with Crippen LogP contribution in [0.25, 0.3) is 0 Å². The summed E-state index contributed by atoms with van der Waals surface area (Å²) in [7, 11) is 0. The van der Waals surface area contributed by atoms with E-state index in [-0.39, 0.29) is 0 Å². The lowest BCUT2D eigenvalue weighted by Gasteiger charge is -2.24. The van der Waals surface area contributed by atoms with Gasteiger partial charge in [0.2, 0.25) is 0 Å². The monoisotopic (exact) mass is 232 g/mol. The van der Waals surface area contributed by atoms with Crippen LogP contribution in [0.15, 0.2) is 0 Å². The van der Waals surface area contributed by atoms with E-state index in [1.165, 1.54) is 51.4 Å². The van der Waals surface area contributed by atoms with Gasteiger partial charge in [-0.3, -0.25) is 0 Å². The molecule has 0 saturated carbocycles. The average molecular weight is 233 g/mol. The number of unbranched alkanes of at least 4 members (excludes halogenated alkanes) is 5. The lowest BCUT2D eigenvalue weighted by molar-refractivity contribution is 0.155. The molecule has 0 bridgehead atoms. The highest BCUT2D eigenvalue weighted by Crippen LogP contribution is 2.35. The lowest BCUT2D eigenvalue weighted by atomic mass is 9.84. The van der Waals surface area contributed by atoms with E-state index in [4.69, 9.17) is 16.3 Å². The Kier molecular flexibility index (Phi) is 6.67. The summed E-state index contributed by atoms with van der Waals surface area (Å²) in [5.74, 6) is 0.780. The van der Waals surface area contributed by atoms with Crippen LogP contribution >= 0.6 is 11.6 Å². The summed E-state index contributed by atoms with van der Waals surface area (Å²) in [6, 6.07) is 0. The van der Waals surface area contributed by atoms with Gasteiger partial charge < -0.3 is 4.74 Å². The van der Waals surface area contributed by atoms with Gasteiger partial charge in [0.1, 0.15) is 0 Å². The number of halogens is 1. The topological polar surface area (TPSA) is 9.23 Å². The third-order valence-corrected chi connectivity index (χ3v) is 4.10. The van der Waals surface area contributed by atoms with Gasteiger partial charge in [-0.05, 0) is 12.8 Å². The van der Waals surface area contributed by atoms with Crippen molar-refractivity contribution in [3.63, 3.8) is 0 Å². The van der Waals surface area contributed by atoms with Crippen LogP contribution in [-0.2, 0) is 4.74 Å². The largest absolute Gasteiger partial charge is 0.381 e. The molecule has 0 aliphatic carbocycles. The van der Waals surface area contributed by atoms with Crippen LogP contribution in [0.2, 0.25) is 0 Å². The molecule has 1 aliphatic rings. The minimum absolute atomic E-state index is 0.326. The van der Waals surface area contributed by atoms with Crippen LogP contribution in [0.4, 0.5) is 0 Å². The number of hydrogen-bond donors (Lipinski definition) is 0. The summed E-state index contributed by atoms with van der Waals surface area (Å²) < 4.78 is 5.46. The molecule has 1 rings (SSSR count). The van der Waals surface area contributed by atoms with E-state index < -0.39 is 0 Å². The van der Waals surface area contributed by atoms with Crippen molar-refractivity contribution < 1.29 is 4.74 Å². The molecule has 1 nitrogen and oxygen atoms in total. The van der Waals surface area contributed by atoms with Crippen molar-refractivity contribution in [2.75, 3.05) is 19.1 Å². The lowest BCUT2D eigenvalue weighted by Crippen LogP contribution is -2.22. The molecule has 1 aliphatic heterocycles. The van der Waals surface area contributed by atoms with Gasteiger partial charge in [-0.25, -0.2) is 0 Å². The summed E-state index contributed by atoms with van der Waals surface area (Å²) in [5.41, 5.74) is 0.326. The molecule has 0 aromatic rings. The normalized spacial score (nSPS) is 26.0. The van der Waals surface area contributed by atoms with Gasteiger partial charge in [0.15, 0.2) is 0 Å². The maximum atomic E-state index is 6.05. The highest BCUT2D eigenvalue weighted by Gasteiger charge is 2.33. The van der Waals surface area contributed by atoms with Gasteiger partial charge in [0.25, 0.3) is 0 Å². The van der Waals surface area contributed by atoms with Crippen LogP contribution in [0.3, 0.4) is 0 Å². The first kappa shape index (κ1) is 13.3. The summed E-state index contributed by atoms with van der Waals surface area (Å²) in [5, 5.41) is 0. The van der Waals surface area contributed by atoms with Gasteiger partial charge in [-0.2, -0.15) is 0 Å². The Morgan fingerprint density at radius 2 is 1.87 bits per heavy atom. The van der Waals surface area contributed by atoms with Crippen molar-refractivity contribution in [1.29, 1.82) is 0 Å². The van der Waals surface area contributed by atoms with E-state index in [9.17, 15) is 0 Å². The van der Waals surface area contributed by atoms with Crippen LogP contribution < -0.4 is 0 Å². The van der Waals surface area contributed by atoms with E-state index in [2.05, 4.69) is 6.92 Å². The Morgan fingerprint density at radius 1 is 1.13 bits per heavy atom. The van der Waals surface area contributed by atoms with E-state index in [1.54, 1.807) is 0 Å². The van der Waals surface area contributed by atoms with Gasteiger partial charge in [0, 0.05) is 17.9 Å². The first-order chi connectivity index (χ1) is 7.33. The molecular weight excluding hydrogens is 208 g/mol. The fourth-order valence-corrected chi connectivity index (χ4v) is 2.64. The van der Waals surface area contributed by atoms with Gasteiger partial charge in [-0.15, -0.1) is 11.6 Å². The molecule has 1 heterocycles. The van der Waals surface area contributed by atoms with Crippen LogP contribution in [0, 0.1) is 5.41 Å². The van der Waals surface area contributed by atoms with Gasteiger partial charge in [-0.1, -0.05) is 45.4 Å². The zero-order valence-electron chi connectivity index (χ0n) is 10.1. The molecule has 0 radical (unpaired) electrons. The van der Waals surface area contributed by atoms with Crippen molar-refractivity contribution in [3.8, 4) is 0 Å². The highest BCUT2D eigenvalue weighted by molar-refractivity contribution is 6.18. The second-order valence-corrected chi connectivity index (χ2v) is 5.22.